The largest absolute Gasteiger partial charge is 0.382 e. The van der Waals surface area contributed by atoms with Crippen LogP contribution in [0.4, 0.5) is 0 Å². The first kappa shape index (κ1) is 24.7. The summed E-state index contributed by atoms with van der Waals surface area (Å²) in [5.41, 5.74) is 2.34. The molecule has 1 aliphatic heterocycles. The zero-order valence-electron chi connectivity index (χ0n) is 17.2. The smallest absolute Gasteiger partial charge is 0.222 e. The Morgan fingerprint density at radius 3 is 2.54 bits per heavy atom. The Hall–Kier alpha value is -1.35. The number of halogens is 1. The summed E-state index contributed by atoms with van der Waals surface area (Å²) in [4.78, 5) is 18.3. The third-order valence-corrected chi connectivity index (χ3v) is 4.54. The van der Waals surface area contributed by atoms with Crippen LogP contribution in [0.5, 0.6) is 0 Å². The molecular weight excluding hydrogens is 467 g/mol. The molecule has 1 heterocycles. The second kappa shape index (κ2) is 14.6. The van der Waals surface area contributed by atoms with Gasteiger partial charge in [-0.05, 0) is 44.2 Å². The number of benzene rings is 1. The van der Waals surface area contributed by atoms with Crippen LogP contribution < -0.4 is 10.6 Å². The Morgan fingerprint density at radius 2 is 1.89 bits per heavy atom. The summed E-state index contributed by atoms with van der Waals surface area (Å²) in [6.45, 7) is 9.66. The molecule has 1 aromatic rings. The van der Waals surface area contributed by atoms with E-state index in [1.165, 1.54) is 11.1 Å². The van der Waals surface area contributed by atoms with Gasteiger partial charge in [0.2, 0.25) is 5.91 Å². The number of guanidine groups is 1. The standard InChI is InChI=1S/C21H34N4O2.HI/c1-3-22-21(23-13-5-6-15-27-4-2)24-16-18-9-11-19(12-10-18)17-25-14-7-8-20(25)26;/h9-12H,3-8,13-17H2,1-2H3,(H2,22,23,24);1H. The molecule has 0 atom stereocenters. The average molecular weight is 502 g/mol. The van der Waals surface area contributed by atoms with Crippen molar-refractivity contribution >= 4 is 35.8 Å². The predicted octanol–water partition coefficient (Wildman–Crippen LogP) is 3.30. The number of nitrogens with zero attached hydrogens (tertiary/aromatic N) is 2. The molecule has 1 aliphatic rings. The normalized spacial score (nSPS) is 14.1. The Bertz CT molecular complexity index is 593. The maximum Gasteiger partial charge on any atom is 0.222 e. The van der Waals surface area contributed by atoms with E-state index in [9.17, 15) is 4.79 Å². The molecule has 0 aliphatic carbocycles. The van der Waals surface area contributed by atoms with Crippen LogP contribution in [0.1, 0.15) is 50.7 Å². The Labute approximate surface area is 186 Å². The van der Waals surface area contributed by atoms with E-state index in [-0.39, 0.29) is 29.9 Å². The van der Waals surface area contributed by atoms with Crippen molar-refractivity contribution in [2.75, 3.05) is 32.8 Å². The first-order valence-corrected chi connectivity index (χ1v) is 10.2. The topological polar surface area (TPSA) is 66.0 Å². The van der Waals surface area contributed by atoms with Gasteiger partial charge in [-0.1, -0.05) is 24.3 Å². The van der Waals surface area contributed by atoms with Crippen molar-refractivity contribution in [3.05, 3.63) is 35.4 Å². The van der Waals surface area contributed by atoms with E-state index in [2.05, 4.69) is 46.8 Å². The van der Waals surface area contributed by atoms with Gasteiger partial charge < -0.3 is 20.3 Å². The van der Waals surface area contributed by atoms with Crippen molar-refractivity contribution in [2.45, 2.75) is 52.6 Å². The molecule has 0 radical (unpaired) electrons. The van der Waals surface area contributed by atoms with Crippen molar-refractivity contribution in [3.63, 3.8) is 0 Å². The summed E-state index contributed by atoms with van der Waals surface area (Å²) in [6, 6.07) is 8.41. The second-order valence-electron chi connectivity index (χ2n) is 6.76. The van der Waals surface area contributed by atoms with Crippen molar-refractivity contribution in [2.24, 2.45) is 4.99 Å². The lowest BCUT2D eigenvalue weighted by molar-refractivity contribution is -0.128. The summed E-state index contributed by atoms with van der Waals surface area (Å²) < 4.78 is 5.36. The van der Waals surface area contributed by atoms with E-state index in [0.29, 0.717) is 19.5 Å². The lowest BCUT2D eigenvalue weighted by atomic mass is 10.1. The molecule has 2 N–H and O–H groups in total. The molecule has 158 valence electrons. The number of rotatable bonds is 11. The summed E-state index contributed by atoms with van der Waals surface area (Å²) in [6.07, 6.45) is 3.80. The van der Waals surface area contributed by atoms with Crippen molar-refractivity contribution in [1.29, 1.82) is 0 Å². The first-order valence-electron chi connectivity index (χ1n) is 10.2. The zero-order chi connectivity index (χ0) is 19.3. The molecule has 0 unspecified atom stereocenters. The van der Waals surface area contributed by atoms with Crippen molar-refractivity contribution in [1.82, 2.24) is 15.5 Å². The lowest BCUT2D eigenvalue weighted by Crippen LogP contribution is -2.37. The van der Waals surface area contributed by atoms with E-state index < -0.39 is 0 Å². The maximum atomic E-state index is 11.7. The van der Waals surface area contributed by atoms with E-state index >= 15 is 0 Å². The van der Waals surface area contributed by atoms with Crippen LogP contribution >= 0.6 is 24.0 Å². The SMILES string of the molecule is CCNC(=NCc1ccc(CN2CCCC2=O)cc1)NCCCCOCC.I. The third-order valence-electron chi connectivity index (χ3n) is 4.54. The molecule has 28 heavy (non-hydrogen) atoms. The third kappa shape index (κ3) is 9.23. The Morgan fingerprint density at radius 1 is 1.14 bits per heavy atom. The number of hydrogen-bond acceptors (Lipinski definition) is 3. The summed E-state index contributed by atoms with van der Waals surface area (Å²) >= 11 is 0. The fourth-order valence-corrected chi connectivity index (χ4v) is 3.03. The van der Waals surface area contributed by atoms with Gasteiger partial charge in [-0.25, -0.2) is 4.99 Å². The number of unbranched alkanes of at least 4 members (excludes halogenated alkanes) is 1. The second-order valence-corrected chi connectivity index (χ2v) is 6.76. The highest BCUT2D eigenvalue weighted by atomic mass is 127. The minimum Gasteiger partial charge on any atom is -0.382 e. The number of nitrogens with one attached hydrogen (secondary N) is 2. The van der Waals surface area contributed by atoms with Crippen LogP contribution in [0.15, 0.2) is 29.3 Å². The quantitative estimate of drug-likeness (QED) is 0.211. The monoisotopic (exact) mass is 502 g/mol. The van der Waals surface area contributed by atoms with Crippen LogP contribution in [0, 0.1) is 0 Å². The van der Waals surface area contributed by atoms with Gasteiger partial charge in [-0.2, -0.15) is 0 Å². The molecule has 1 aromatic carbocycles. The Kier molecular flexibility index (Phi) is 12.9. The van der Waals surface area contributed by atoms with Crippen LogP contribution in [-0.4, -0.2) is 49.6 Å². The van der Waals surface area contributed by atoms with Gasteiger partial charge in [-0.15, -0.1) is 24.0 Å². The van der Waals surface area contributed by atoms with E-state index in [1.54, 1.807) is 0 Å². The van der Waals surface area contributed by atoms with Crippen LogP contribution in [-0.2, 0) is 22.6 Å². The lowest BCUT2D eigenvalue weighted by Gasteiger charge is -2.15. The van der Waals surface area contributed by atoms with Gasteiger partial charge in [0.25, 0.3) is 0 Å². The molecule has 1 saturated heterocycles. The summed E-state index contributed by atoms with van der Waals surface area (Å²) in [5, 5.41) is 6.65. The fraction of sp³-hybridized carbons (Fsp3) is 0.619. The van der Waals surface area contributed by atoms with Gasteiger partial charge in [0.15, 0.2) is 5.96 Å². The van der Waals surface area contributed by atoms with E-state index in [1.807, 2.05) is 11.8 Å². The summed E-state index contributed by atoms with van der Waals surface area (Å²) in [7, 11) is 0. The minimum absolute atomic E-state index is 0. The van der Waals surface area contributed by atoms with Crippen LogP contribution in [0.3, 0.4) is 0 Å². The molecule has 0 saturated carbocycles. The highest BCUT2D eigenvalue weighted by molar-refractivity contribution is 14.0. The number of carbonyl (C=O) groups is 1. The molecule has 1 fully saturated rings. The molecule has 6 nitrogen and oxygen atoms in total. The number of hydrogen-bond donors (Lipinski definition) is 2. The summed E-state index contributed by atoms with van der Waals surface area (Å²) in [5.74, 6) is 1.12. The zero-order valence-corrected chi connectivity index (χ0v) is 19.5. The fourth-order valence-electron chi connectivity index (χ4n) is 3.03. The molecule has 7 heteroatoms. The molecule has 0 spiro atoms. The molecule has 2 rings (SSSR count). The Balaban J connectivity index is 0.00000392. The van der Waals surface area contributed by atoms with Crippen molar-refractivity contribution < 1.29 is 9.53 Å². The first-order chi connectivity index (χ1) is 13.2. The van der Waals surface area contributed by atoms with Gasteiger partial charge in [0.1, 0.15) is 0 Å². The van der Waals surface area contributed by atoms with Gasteiger partial charge in [0, 0.05) is 45.8 Å². The van der Waals surface area contributed by atoms with Crippen LogP contribution in [0.2, 0.25) is 0 Å². The molecule has 0 bridgehead atoms. The number of carbonyl (C=O) groups excluding carboxylic acids is 1. The number of likely N-dealkylation sites (tertiary alicyclic amines) is 1. The van der Waals surface area contributed by atoms with Crippen LogP contribution in [0.25, 0.3) is 0 Å². The average Bonchev–Trinajstić information content (AvgIpc) is 3.08. The number of ether oxygens (including phenoxy) is 1. The molecular formula is C21H35IN4O2. The van der Waals surface area contributed by atoms with Gasteiger partial charge in [-0.3, -0.25) is 4.79 Å². The van der Waals surface area contributed by atoms with Gasteiger partial charge >= 0.3 is 0 Å². The number of aliphatic imine (C=N–C) groups is 1. The maximum absolute atomic E-state index is 11.7. The predicted molar refractivity (Wildman–Crippen MR) is 125 cm³/mol. The molecule has 1 amide bonds. The van der Waals surface area contributed by atoms with Crippen molar-refractivity contribution in [3.8, 4) is 0 Å². The van der Waals surface area contributed by atoms with E-state index in [0.717, 1.165) is 58.1 Å². The van der Waals surface area contributed by atoms with Gasteiger partial charge in [0.05, 0.1) is 6.54 Å². The highest BCUT2D eigenvalue weighted by Crippen LogP contribution is 2.15. The molecule has 0 aromatic heterocycles. The highest BCUT2D eigenvalue weighted by Gasteiger charge is 2.19. The number of amides is 1. The minimum atomic E-state index is 0. The van der Waals surface area contributed by atoms with E-state index in [4.69, 9.17) is 4.74 Å².